The maximum absolute atomic E-state index is 13.4. The van der Waals surface area contributed by atoms with Crippen LogP contribution in [-0.2, 0) is 0 Å². The average molecular weight is 446 g/mol. The van der Waals surface area contributed by atoms with Crippen LogP contribution in [0.2, 0.25) is 0 Å². The van der Waals surface area contributed by atoms with E-state index < -0.39 is 0 Å². The number of halogens is 1. The van der Waals surface area contributed by atoms with E-state index in [1.54, 1.807) is 13.4 Å². The van der Waals surface area contributed by atoms with Gasteiger partial charge in [-0.05, 0) is 66.8 Å². The number of methoxy groups -OCH3 is 1. The molecule has 0 amide bonds. The van der Waals surface area contributed by atoms with E-state index in [2.05, 4.69) is 46.3 Å². The number of hydrogen-bond acceptors (Lipinski definition) is 5. The van der Waals surface area contributed by atoms with Gasteiger partial charge in [0.15, 0.2) is 0 Å². The Bertz CT molecular complexity index is 1210. The van der Waals surface area contributed by atoms with Crippen molar-refractivity contribution in [3.05, 3.63) is 83.2 Å². The standard InChI is InChI=1S/C26H28FN5O/c1-18-16-31(17-29-18)23-11-6-19(14-25(23)33-3)13-21-5-4-12-32-26(21)28-15-24(30(32)2)20-7-9-22(27)10-8-20/h6-11,13-14,16-17,24H,4-5,12,15H2,1-3H3/b21-13+. The third kappa shape index (κ3) is 4.16. The topological polar surface area (TPSA) is 45.9 Å². The summed E-state index contributed by atoms with van der Waals surface area (Å²) in [7, 11) is 3.79. The number of amidine groups is 1. The van der Waals surface area contributed by atoms with Crippen molar-refractivity contribution in [2.24, 2.45) is 4.99 Å². The first-order valence-corrected chi connectivity index (χ1v) is 11.2. The van der Waals surface area contributed by atoms with Gasteiger partial charge in [-0.15, -0.1) is 0 Å². The van der Waals surface area contributed by atoms with E-state index in [1.807, 2.05) is 29.8 Å². The molecular weight excluding hydrogens is 417 g/mol. The molecule has 7 heteroatoms. The monoisotopic (exact) mass is 445 g/mol. The Morgan fingerprint density at radius 3 is 2.70 bits per heavy atom. The lowest BCUT2D eigenvalue weighted by molar-refractivity contribution is 0.0151. The van der Waals surface area contributed by atoms with Crippen molar-refractivity contribution >= 4 is 11.9 Å². The summed E-state index contributed by atoms with van der Waals surface area (Å²) in [4.78, 5) is 9.29. The summed E-state index contributed by atoms with van der Waals surface area (Å²) in [6.07, 6.45) is 8.03. The van der Waals surface area contributed by atoms with Crippen molar-refractivity contribution in [2.45, 2.75) is 25.8 Å². The largest absolute Gasteiger partial charge is 0.495 e. The molecule has 1 aromatic heterocycles. The lowest BCUT2D eigenvalue weighted by atomic mass is 9.98. The molecule has 2 aromatic carbocycles. The number of piperidine rings is 1. The molecule has 1 atom stereocenters. The van der Waals surface area contributed by atoms with Gasteiger partial charge in [-0.3, -0.25) is 10.0 Å². The van der Waals surface area contributed by atoms with Gasteiger partial charge in [0.1, 0.15) is 17.4 Å². The Labute approximate surface area is 193 Å². The second-order valence-corrected chi connectivity index (χ2v) is 8.56. The quantitative estimate of drug-likeness (QED) is 0.578. The Balaban J connectivity index is 1.44. The van der Waals surface area contributed by atoms with Crippen LogP contribution >= 0.6 is 0 Å². The van der Waals surface area contributed by atoms with E-state index in [0.717, 1.165) is 53.5 Å². The van der Waals surface area contributed by atoms with Crippen molar-refractivity contribution in [1.29, 1.82) is 0 Å². The number of aromatic nitrogens is 2. The van der Waals surface area contributed by atoms with Gasteiger partial charge >= 0.3 is 0 Å². The third-order valence-electron chi connectivity index (χ3n) is 6.38. The molecule has 5 rings (SSSR count). The number of likely N-dealkylation sites (N-methyl/N-ethyl adjacent to an activating group) is 1. The van der Waals surface area contributed by atoms with E-state index >= 15 is 0 Å². The molecule has 2 aliphatic heterocycles. The van der Waals surface area contributed by atoms with Crippen LogP contribution in [0.5, 0.6) is 5.75 Å². The summed E-state index contributed by atoms with van der Waals surface area (Å²) >= 11 is 0. The number of hydrogen-bond donors (Lipinski definition) is 0. The Morgan fingerprint density at radius 2 is 1.97 bits per heavy atom. The van der Waals surface area contributed by atoms with Crippen LogP contribution in [0.1, 0.15) is 35.7 Å². The molecule has 3 aromatic rings. The van der Waals surface area contributed by atoms with Crippen molar-refractivity contribution in [3.8, 4) is 11.4 Å². The summed E-state index contributed by atoms with van der Waals surface area (Å²) in [6, 6.07) is 13.1. The van der Waals surface area contributed by atoms with Crippen LogP contribution in [0.15, 0.2) is 65.6 Å². The van der Waals surface area contributed by atoms with Gasteiger partial charge in [0.25, 0.3) is 0 Å². The van der Waals surface area contributed by atoms with Gasteiger partial charge in [0, 0.05) is 19.8 Å². The minimum Gasteiger partial charge on any atom is -0.495 e. The molecule has 33 heavy (non-hydrogen) atoms. The highest BCUT2D eigenvalue weighted by molar-refractivity contribution is 6.02. The third-order valence-corrected chi connectivity index (χ3v) is 6.38. The van der Waals surface area contributed by atoms with Crippen molar-refractivity contribution < 1.29 is 9.13 Å². The maximum Gasteiger partial charge on any atom is 0.143 e. The number of benzene rings is 2. The average Bonchev–Trinajstić information content (AvgIpc) is 3.26. The van der Waals surface area contributed by atoms with Crippen LogP contribution < -0.4 is 4.74 Å². The fourth-order valence-electron chi connectivity index (χ4n) is 4.65. The summed E-state index contributed by atoms with van der Waals surface area (Å²) in [5, 5.41) is 4.50. The van der Waals surface area contributed by atoms with Crippen LogP contribution in [0, 0.1) is 12.7 Å². The minimum atomic E-state index is -0.214. The number of rotatable bonds is 4. The van der Waals surface area contributed by atoms with Crippen molar-refractivity contribution in [3.63, 3.8) is 0 Å². The van der Waals surface area contributed by atoms with Crippen molar-refractivity contribution in [1.82, 2.24) is 19.6 Å². The van der Waals surface area contributed by atoms with E-state index in [4.69, 9.17) is 9.73 Å². The fraction of sp³-hybridized carbons (Fsp3) is 0.308. The van der Waals surface area contributed by atoms with E-state index in [9.17, 15) is 4.39 Å². The second-order valence-electron chi connectivity index (χ2n) is 8.56. The molecular formula is C26H28FN5O. The minimum absolute atomic E-state index is 0.103. The molecule has 0 saturated carbocycles. The van der Waals surface area contributed by atoms with Crippen LogP contribution in [0.3, 0.4) is 0 Å². The zero-order valence-corrected chi connectivity index (χ0v) is 19.2. The fourth-order valence-corrected chi connectivity index (χ4v) is 4.65. The molecule has 0 radical (unpaired) electrons. The molecule has 1 unspecified atom stereocenters. The predicted molar refractivity (Wildman–Crippen MR) is 128 cm³/mol. The van der Waals surface area contributed by atoms with Gasteiger partial charge in [0.2, 0.25) is 0 Å². The van der Waals surface area contributed by atoms with Gasteiger partial charge in [-0.25, -0.2) is 14.4 Å². The molecule has 1 fully saturated rings. The summed E-state index contributed by atoms with van der Waals surface area (Å²) in [5.74, 6) is 1.61. The van der Waals surface area contributed by atoms with Gasteiger partial charge in [0.05, 0.1) is 37.4 Å². The summed E-state index contributed by atoms with van der Waals surface area (Å²) < 4.78 is 21.0. The smallest absolute Gasteiger partial charge is 0.143 e. The van der Waals surface area contributed by atoms with Crippen molar-refractivity contribution in [2.75, 3.05) is 27.2 Å². The highest BCUT2D eigenvalue weighted by Gasteiger charge is 2.33. The number of ether oxygens (including phenoxy) is 1. The Kier molecular flexibility index (Phi) is 5.72. The molecule has 0 N–H and O–H groups in total. The molecule has 3 heterocycles. The molecule has 0 aliphatic carbocycles. The SMILES string of the molecule is COc1cc(/C=C2\CCCN3C2=NCC(c2ccc(F)cc2)N3C)ccc1-n1cnc(C)c1. The Hall–Kier alpha value is -3.45. The molecule has 6 nitrogen and oxygen atoms in total. The molecule has 0 bridgehead atoms. The normalized spacial score (nSPS) is 20.0. The number of aryl methyl sites for hydroxylation is 1. The first kappa shape index (κ1) is 21.4. The second kappa shape index (κ2) is 8.83. The number of hydrazine groups is 1. The highest BCUT2D eigenvalue weighted by Crippen LogP contribution is 2.33. The lowest BCUT2D eigenvalue weighted by Crippen LogP contribution is -2.52. The van der Waals surface area contributed by atoms with Crippen LogP contribution in [0.4, 0.5) is 4.39 Å². The van der Waals surface area contributed by atoms with Crippen LogP contribution in [0.25, 0.3) is 11.8 Å². The van der Waals surface area contributed by atoms with E-state index in [-0.39, 0.29) is 11.9 Å². The van der Waals surface area contributed by atoms with Crippen LogP contribution in [-0.4, -0.2) is 52.7 Å². The van der Waals surface area contributed by atoms with Gasteiger partial charge in [-0.1, -0.05) is 18.2 Å². The first-order chi connectivity index (χ1) is 16.0. The predicted octanol–water partition coefficient (Wildman–Crippen LogP) is 4.81. The lowest BCUT2D eigenvalue weighted by Gasteiger charge is -2.45. The summed E-state index contributed by atoms with van der Waals surface area (Å²) in [6.45, 7) is 3.54. The highest BCUT2D eigenvalue weighted by atomic mass is 19.1. The van der Waals surface area contributed by atoms with E-state index in [0.29, 0.717) is 6.54 Å². The van der Waals surface area contributed by atoms with E-state index in [1.165, 1.54) is 17.7 Å². The molecule has 1 saturated heterocycles. The van der Waals surface area contributed by atoms with Gasteiger partial charge in [-0.2, -0.15) is 0 Å². The maximum atomic E-state index is 13.4. The van der Waals surface area contributed by atoms with Gasteiger partial charge < -0.3 is 9.30 Å². The Morgan fingerprint density at radius 1 is 1.15 bits per heavy atom. The number of fused-ring (bicyclic) bond motifs is 1. The number of imidazole rings is 1. The zero-order chi connectivity index (χ0) is 22.9. The molecule has 170 valence electrons. The summed E-state index contributed by atoms with van der Waals surface area (Å²) in [5.41, 5.74) is 5.30. The first-order valence-electron chi connectivity index (χ1n) is 11.2. The zero-order valence-electron chi connectivity index (χ0n) is 19.2. The molecule has 2 aliphatic rings. The molecule has 0 spiro atoms. The number of aliphatic imine (C=N–C) groups is 1. The number of nitrogens with zero attached hydrogens (tertiary/aromatic N) is 5.